The molecule has 5 rings (SSSR count). The van der Waals surface area contributed by atoms with Crippen molar-refractivity contribution in [1.82, 2.24) is 9.47 Å². The zero-order chi connectivity index (χ0) is 20.6. The normalized spacial score (nSPS) is 21.8. The van der Waals surface area contributed by atoms with Crippen LogP contribution < -0.4 is 4.90 Å². The summed E-state index contributed by atoms with van der Waals surface area (Å²) in [6.07, 6.45) is 3.93. The molecule has 1 atom stereocenters. The molecule has 0 aliphatic carbocycles. The molecule has 1 aromatic heterocycles. The third-order valence-electron chi connectivity index (χ3n) is 5.30. The molecule has 126 valence electrons. The van der Waals surface area contributed by atoms with Crippen molar-refractivity contribution >= 4 is 16.7 Å². The maximum atomic E-state index is 8.66. The average molecular weight is 333 g/mol. The summed E-state index contributed by atoms with van der Waals surface area (Å²) in [7, 11) is 0. The minimum absolute atomic E-state index is 0.250. The molecule has 3 nitrogen and oxygen atoms in total. The number of para-hydroxylation sites is 2. The monoisotopic (exact) mass is 333 g/mol. The molecule has 0 saturated heterocycles. The molecule has 0 saturated carbocycles. The van der Waals surface area contributed by atoms with Crippen molar-refractivity contribution in [3.05, 3.63) is 72.1 Å². The number of aromatic nitrogens is 1. The molecule has 3 heterocycles. The zero-order valence-corrected chi connectivity index (χ0v) is 14.4. The lowest BCUT2D eigenvalue weighted by atomic mass is 10.0. The Morgan fingerprint density at radius 3 is 2.72 bits per heavy atom. The summed E-state index contributed by atoms with van der Waals surface area (Å²) in [5, 5.41) is 1.13. The molecule has 3 aromatic rings. The molecule has 3 heteroatoms. The van der Waals surface area contributed by atoms with Crippen LogP contribution in [0.4, 0.5) is 5.82 Å². The Morgan fingerprint density at radius 1 is 1.08 bits per heavy atom. The standard InChI is InChI=1S/C22H23N3/c1-15(2)16-8-4-6-10-19(16)25-20-11-7-5-9-17(20)18-14-21-23(3)12-13-24(21)22(18)25/h4-13,15,21H,14H2,1-3H3/i3D3,15D. The largest absolute Gasteiger partial charge is 0.358 e. The third kappa shape index (κ3) is 1.92. The molecule has 0 fully saturated rings. The first kappa shape index (κ1) is 11.0. The van der Waals surface area contributed by atoms with Crippen LogP contribution >= 0.6 is 0 Å². The number of hydrogen-bond acceptors (Lipinski definition) is 2. The van der Waals surface area contributed by atoms with Gasteiger partial charge >= 0.3 is 0 Å². The summed E-state index contributed by atoms with van der Waals surface area (Å²) in [4.78, 5) is 3.53. The lowest BCUT2D eigenvalue weighted by Crippen LogP contribution is -2.34. The maximum Gasteiger partial charge on any atom is 0.123 e. The molecular formula is C22H23N3. The van der Waals surface area contributed by atoms with Crippen molar-refractivity contribution in [3.63, 3.8) is 0 Å². The van der Waals surface area contributed by atoms with E-state index in [1.165, 1.54) is 4.90 Å². The number of rotatable bonds is 2. The summed E-state index contributed by atoms with van der Waals surface area (Å²) >= 11 is 0. The van der Waals surface area contributed by atoms with Crippen LogP contribution in [-0.4, -0.2) is 22.6 Å². The zero-order valence-electron chi connectivity index (χ0n) is 18.4. The van der Waals surface area contributed by atoms with Crippen LogP contribution in [0.15, 0.2) is 60.9 Å². The second-order valence-corrected chi connectivity index (χ2v) is 6.97. The van der Waals surface area contributed by atoms with E-state index in [-0.39, 0.29) is 6.17 Å². The molecular weight excluding hydrogens is 306 g/mol. The summed E-state index contributed by atoms with van der Waals surface area (Å²) in [6.45, 7) is 1.61. The van der Waals surface area contributed by atoms with E-state index in [0.717, 1.165) is 33.5 Å². The van der Waals surface area contributed by atoms with Crippen LogP contribution in [0.3, 0.4) is 0 Å². The van der Waals surface area contributed by atoms with Crippen LogP contribution in [0.2, 0.25) is 0 Å². The number of nitrogens with zero attached hydrogens (tertiary/aromatic N) is 3. The first-order valence-corrected chi connectivity index (χ1v) is 8.65. The van der Waals surface area contributed by atoms with E-state index in [0.29, 0.717) is 6.42 Å². The van der Waals surface area contributed by atoms with Gasteiger partial charge in [0, 0.05) is 42.2 Å². The van der Waals surface area contributed by atoms with Gasteiger partial charge in [0.25, 0.3) is 0 Å². The SMILES string of the molecule is [2H]C(C)(C)c1ccccc1-n1c2c(c3ccccc31)CC1N2C=CN1C([2H])([2H])[2H]. The quantitative estimate of drug-likeness (QED) is 0.663. The van der Waals surface area contributed by atoms with Gasteiger partial charge < -0.3 is 9.80 Å². The Morgan fingerprint density at radius 2 is 1.88 bits per heavy atom. The highest BCUT2D eigenvalue weighted by molar-refractivity contribution is 5.94. The van der Waals surface area contributed by atoms with E-state index in [2.05, 4.69) is 21.6 Å². The maximum absolute atomic E-state index is 8.66. The molecule has 2 aromatic carbocycles. The van der Waals surface area contributed by atoms with E-state index in [1.807, 2.05) is 56.4 Å². The summed E-state index contributed by atoms with van der Waals surface area (Å²) < 4.78 is 34.5. The van der Waals surface area contributed by atoms with Gasteiger partial charge in [-0.1, -0.05) is 50.2 Å². The number of anilines is 1. The van der Waals surface area contributed by atoms with Crippen LogP contribution in [0.5, 0.6) is 0 Å². The van der Waals surface area contributed by atoms with Gasteiger partial charge in [-0.15, -0.1) is 0 Å². The molecule has 0 bridgehead atoms. The van der Waals surface area contributed by atoms with Crippen molar-refractivity contribution < 1.29 is 5.48 Å². The Labute approximate surface area is 154 Å². The van der Waals surface area contributed by atoms with E-state index in [4.69, 9.17) is 5.48 Å². The predicted molar refractivity (Wildman–Crippen MR) is 104 cm³/mol. The molecule has 2 aliphatic heterocycles. The molecule has 0 spiro atoms. The van der Waals surface area contributed by atoms with Crippen molar-refractivity contribution in [2.45, 2.75) is 32.3 Å². The average Bonchev–Trinajstić information content (AvgIpc) is 3.29. The minimum Gasteiger partial charge on any atom is -0.358 e. The fourth-order valence-corrected chi connectivity index (χ4v) is 4.17. The number of benzene rings is 2. The van der Waals surface area contributed by atoms with Gasteiger partial charge in [-0.25, -0.2) is 0 Å². The van der Waals surface area contributed by atoms with Gasteiger partial charge in [0.1, 0.15) is 12.0 Å². The van der Waals surface area contributed by atoms with Crippen molar-refractivity contribution in [2.75, 3.05) is 11.9 Å². The highest BCUT2D eigenvalue weighted by Gasteiger charge is 2.38. The molecule has 2 aliphatic rings. The second kappa shape index (κ2) is 5.16. The highest BCUT2D eigenvalue weighted by atomic mass is 15.4. The first-order chi connectivity index (χ1) is 13.7. The van der Waals surface area contributed by atoms with Crippen molar-refractivity contribution in [3.8, 4) is 5.69 Å². The van der Waals surface area contributed by atoms with Crippen LogP contribution in [0.1, 0.15) is 36.4 Å². The fourth-order valence-electron chi connectivity index (χ4n) is 4.17. The van der Waals surface area contributed by atoms with Gasteiger partial charge in [-0.3, -0.25) is 4.57 Å². The van der Waals surface area contributed by atoms with Crippen LogP contribution in [0.25, 0.3) is 16.6 Å². The molecule has 0 amide bonds. The first-order valence-electron chi connectivity index (χ1n) is 10.7. The van der Waals surface area contributed by atoms with E-state index >= 15 is 0 Å². The number of hydrogen-bond donors (Lipinski definition) is 0. The van der Waals surface area contributed by atoms with Gasteiger partial charge in [0.2, 0.25) is 0 Å². The third-order valence-corrected chi connectivity index (χ3v) is 5.30. The van der Waals surface area contributed by atoms with Gasteiger partial charge in [-0.05, 0) is 23.6 Å². The van der Waals surface area contributed by atoms with E-state index < -0.39 is 12.9 Å². The van der Waals surface area contributed by atoms with Crippen molar-refractivity contribution in [1.29, 1.82) is 0 Å². The Bertz CT molecular complexity index is 1140. The molecule has 0 radical (unpaired) electrons. The van der Waals surface area contributed by atoms with Crippen LogP contribution in [0, 0.1) is 0 Å². The molecule has 25 heavy (non-hydrogen) atoms. The van der Waals surface area contributed by atoms with Crippen molar-refractivity contribution in [2.24, 2.45) is 0 Å². The highest BCUT2D eigenvalue weighted by Crippen LogP contribution is 2.45. The van der Waals surface area contributed by atoms with Gasteiger partial charge in [0.05, 0.1) is 11.2 Å². The second-order valence-electron chi connectivity index (χ2n) is 6.97. The smallest absolute Gasteiger partial charge is 0.123 e. The lowest BCUT2D eigenvalue weighted by Gasteiger charge is -2.26. The summed E-state index contributed by atoms with van der Waals surface area (Å²) in [5.41, 5.74) is 4.13. The van der Waals surface area contributed by atoms with E-state index in [1.54, 1.807) is 6.20 Å². The Balaban J connectivity index is 1.78. The summed E-state index contributed by atoms with van der Waals surface area (Å²) in [6, 6.07) is 16.3. The Hall–Kier alpha value is -2.68. The number of likely N-dealkylation sites (N-methyl/N-ethyl adjacent to an activating group) is 1. The van der Waals surface area contributed by atoms with E-state index in [9.17, 15) is 0 Å². The Kier molecular flexibility index (Phi) is 2.28. The fraction of sp³-hybridized carbons (Fsp3) is 0.273. The minimum atomic E-state index is -2.18. The predicted octanol–water partition coefficient (Wildman–Crippen LogP) is 4.86. The summed E-state index contributed by atoms with van der Waals surface area (Å²) in [5.74, 6) is 0.231. The van der Waals surface area contributed by atoms with Crippen LogP contribution in [-0.2, 0) is 6.42 Å². The lowest BCUT2D eigenvalue weighted by molar-refractivity contribution is 0.368. The van der Waals surface area contributed by atoms with Gasteiger partial charge in [0.15, 0.2) is 0 Å². The number of fused-ring (bicyclic) bond motifs is 5. The molecule has 0 N–H and O–H groups in total. The molecule has 1 unspecified atom stereocenters. The van der Waals surface area contributed by atoms with Gasteiger partial charge in [-0.2, -0.15) is 0 Å². The topological polar surface area (TPSA) is 11.4 Å².